The van der Waals surface area contributed by atoms with Gasteiger partial charge in [0.25, 0.3) is 5.91 Å². The molecule has 2 heterocycles. The number of piperidine rings is 1. The van der Waals surface area contributed by atoms with Gasteiger partial charge in [-0.05, 0) is 67.0 Å². The molecule has 1 saturated heterocycles. The van der Waals surface area contributed by atoms with E-state index in [4.69, 9.17) is 0 Å². The standard InChI is InChI=1S/C23H28N2O2S/c1-16(2)24-21(26)13-18-14-23(20-6-4-3-5-19(18)20)8-10-25(11-9-23)22(27)17-7-12-28-15-17/h3-7,12,15-16,18H,8-11,13-14H2,1-2H3,(H,24,26)/t18-/m0/s1. The second-order valence-electron chi connectivity index (χ2n) is 8.50. The van der Waals surface area contributed by atoms with Crippen molar-refractivity contribution in [2.75, 3.05) is 13.1 Å². The molecule has 1 aromatic carbocycles. The van der Waals surface area contributed by atoms with Gasteiger partial charge < -0.3 is 10.2 Å². The minimum absolute atomic E-state index is 0.102. The highest BCUT2D eigenvalue weighted by Gasteiger charge is 2.46. The predicted molar refractivity (Wildman–Crippen MR) is 113 cm³/mol. The molecule has 0 bridgehead atoms. The van der Waals surface area contributed by atoms with Crippen molar-refractivity contribution in [2.45, 2.75) is 56.9 Å². The third-order valence-corrected chi connectivity index (χ3v) is 6.95. The minimum Gasteiger partial charge on any atom is -0.354 e. The average Bonchev–Trinajstić information content (AvgIpc) is 3.30. The first kappa shape index (κ1) is 19.2. The molecule has 1 fully saturated rings. The predicted octanol–water partition coefficient (Wildman–Crippen LogP) is 4.32. The maximum Gasteiger partial charge on any atom is 0.254 e. The maximum atomic E-state index is 12.7. The topological polar surface area (TPSA) is 49.4 Å². The summed E-state index contributed by atoms with van der Waals surface area (Å²) in [6, 6.07) is 10.7. The monoisotopic (exact) mass is 396 g/mol. The summed E-state index contributed by atoms with van der Waals surface area (Å²) in [5.41, 5.74) is 3.64. The number of hydrogen-bond acceptors (Lipinski definition) is 3. The van der Waals surface area contributed by atoms with E-state index in [2.05, 4.69) is 29.6 Å². The molecule has 0 radical (unpaired) electrons. The molecule has 4 nitrogen and oxygen atoms in total. The highest BCUT2D eigenvalue weighted by molar-refractivity contribution is 7.08. The quantitative estimate of drug-likeness (QED) is 0.836. The van der Waals surface area contributed by atoms with Crippen molar-refractivity contribution in [1.82, 2.24) is 10.2 Å². The Morgan fingerprint density at radius 1 is 1.21 bits per heavy atom. The van der Waals surface area contributed by atoms with E-state index in [1.165, 1.54) is 11.1 Å². The largest absolute Gasteiger partial charge is 0.354 e. The molecule has 1 aliphatic heterocycles. The number of nitrogens with zero attached hydrogens (tertiary/aromatic N) is 1. The number of fused-ring (bicyclic) bond motifs is 2. The van der Waals surface area contributed by atoms with Crippen molar-refractivity contribution in [3.8, 4) is 0 Å². The van der Waals surface area contributed by atoms with E-state index in [1.54, 1.807) is 11.3 Å². The molecule has 2 aromatic rings. The molecule has 2 aliphatic rings. The number of hydrogen-bond donors (Lipinski definition) is 1. The summed E-state index contributed by atoms with van der Waals surface area (Å²) in [6.45, 7) is 5.58. The summed E-state index contributed by atoms with van der Waals surface area (Å²) < 4.78 is 0. The zero-order valence-corrected chi connectivity index (χ0v) is 17.4. The zero-order valence-electron chi connectivity index (χ0n) is 16.6. The Hall–Kier alpha value is -2.14. The summed E-state index contributed by atoms with van der Waals surface area (Å²) in [4.78, 5) is 27.1. The molecule has 4 rings (SSSR count). The van der Waals surface area contributed by atoms with E-state index < -0.39 is 0 Å². The molecule has 1 N–H and O–H groups in total. The minimum atomic E-state index is 0.102. The lowest BCUT2D eigenvalue weighted by molar-refractivity contribution is -0.122. The third kappa shape index (κ3) is 3.60. The van der Waals surface area contributed by atoms with E-state index in [0.717, 1.165) is 37.9 Å². The molecule has 2 amide bonds. The van der Waals surface area contributed by atoms with Crippen molar-refractivity contribution >= 4 is 23.2 Å². The molecular formula is C23H28N2O2S. The summed E-state index contributed by atoms with van der Waals surface area (Å²) >= 11 is 1.57. The maximum absolute atomic E-state index is 12.7. The normalized spacial score (nSPS) is 20.4. The average molecular weight is 397 g/mol. The molecule has 1 aromatic heterocycles. The van der Waals surface area contributed by atoms with Gasteiger partial charge in [-0.3, -0.25) is 9.59 Å². The Kier molecular flexibility index (Phi) is 5.28. The SMILES string of the molecule is CC(C)NC(=O)C[C@H]1CC2(CCN(C(=O)c3ccsc3)CC2)c2ccccc21. The van der Waals surface area contributed by atoms with Crippen LogP contribution in [0.2, 0.25) is 0 Å². The van der Waals surface area contributed by atoms with Gasteiger partial charge in [-0.1, -0.05) is 24.3 Å². The lowest BCUT2D eigenvalue weighted by Crippen LogP contribution is -2.44. The fourth-order valence-corrected chi connectivity index (χ4v) is 5.62. The fourth-order valence-electron chi connectivity index (χ4n) is 4.99. The molecule has 1 spiro atoms. The van der Waals surface area contributed by atoms with E-state index >= 15 is 0 Å². The zero-order chi connectivity index (χ0) is 19.7. The molecule has 148 valence electrons. The summed E-state index contributed by atoms with van der Waals surface area (Å²) in [6.07, 6.45) is 3.51. The fraction of sp³-hybridized carbons (Fsp3) is 0.478. The molecule has 1 aliphatic carbocycles. The van der Waals surface area contributed by atoms with Gasteiger partial charge in [0.15, 0.2) is 0 Å². The summed E-state index contributed by atoms with van der Waals surface area (Å²) in [5, 5.41) is 6.93. The second-order valence-corrected chi connectivity index (χ2v) is 9.28. The van der Waals surface area contributed by atoms with Crippen LogP contribution in [0.4, 0.5) is 0 Å². The number of thiophene rings is 1. The van der Waals surface area contributed by atoms with Crippen molar-refractivity contribution in [1.29, 1.82) is 0 Å². The Morgan fingerprint density at radius 3 is 2.64 bits per heavy atom. The smallest absolute Gasteiger partial charge is 0.254 e. The summed E-state index contributed by atoms with van der Waals surface area (Å²) in [7, 11) is 0. The van der Waals surface area contributed by atoms with Gasteiger partial charge in [0.2, 0.25) is 5.91 Å². The van der Waals surface area contributed by atoms with Gasteiger partial charge in [-0.2, -0.15) is 11.3 Å². The number of likely N-dealkylation sites (tertiary alicyclic amines) is 1. The van der Waals surface area contributed by atoms with Gasteiger partial charge in [0, 0.05) is 30.9 Å². The Balaban J connectivity index is 1.49. The molecule has 5 heteroatoms. The van der Waals surface area contributed by atoms with Crippen LogP contribution in [0.5, 0.6) is 0 Å². The molecule has 0 unspecified atom stereocenters. The van der Waals surface area contributed by atoms with Gasteiger partial charge in [-0.25, -0.2) is 0 Å². The van der Waals surface area contributed by atoms with Gasteiger partial charge in [0.1, 0.15) is 0 Å². The second kappa shape index (κ2) is 7.70. The van der Waals surface area contributed by atoms with Crippen molar-refractivity contribution in [2.24, 2.45) is 0 Å². The number of carbonyl (C=O) groups is 2. The number of nitrogens with one attached hydrogen (secondary N) is 1. The van der Waals surface area contributed by atoms with Crippen LogP contribution in [-0.4, -0.2) is 35.8 Å². The highest BCUT2D eigenvalue weighted by Crippen LogP contribution is 2.52. The first-order valence-corrected chi connectivity index (χ1v) is 11.1. The van der Waals surface area contributed by atoms with Gasteiger partial charge in [-0.15, -0.1) is 0 Å². The van der Waals surface area contributed by atoms with Crippen LogP contribution < -0.4 is 5.32 Å². The van der Waals surface area contributed by atoms with Crippen molar-refractivity contribution in [3.05, 3.63) is 57.8 Å². The lowest BCUT2D eigenvalue weighted by Gasteiger charge is -2.40. The summed E-state index contributed by atoms with van der Waals surface area (Å²) in [5.74, 6) is 0.557. The van der Waals surface area contributed by atoms with Gasteiger partial charge in [0.05, 0.1) is 5.56 Å². The van der Waals surface area contributed by atoms with Gasteiger partial charge >= 0.3 is 0 Å². The third-order valence-electron chi connectivity index (χ3n) is 6.27. The van der Waals surface area contributed by atoms with E-state index in [-0.39, 0.29) is 29.2 Å². The number of rotatable bonds is 4. The molecular weight excluding hydrogens is 368 g/mol. The van der Waals surface area contributed by atoms with E-state index in [0.29, 0.717) is 6.42 Å². The molecule has 0 saturated carbocycles. The van der Waals surface area contributed by atoms with E-state index in [1.807, 2.05) is 35.6 Å². The van der Waals surface area contributed by atoms with Crippen molar-refractivity contribution < 1.29 is 9.59 Å². The van der Waals surface area contributed by atoms with Crippen LogP contribution in [0.25, 0.3) is 0 Å². The van der Waals surface area contributed by atoms with Crippen LogP contribution in [-0.2, 0) is 10.2 Å². The molecule has 1 atom stereocenters. The lowest BCUT2D eigenvalue weighted by atomic mass is 9.73. The van der Waals surface area contributed by atoms with Crippen molar-refractivity contribution in [3.63, 3.8) is 0 Å². The number of carbonyl (C=O) groups excluding carboxylic acids is 2. The first-order chi connectivity index (χ1) is 13.5. The highest BCUT2D eigenvalue weighted by atomic mass is 32.1. The van der Waals surface area contributed by atoms with Crippen LogP contribution in [0.15, 0.2) is 41.1 Å². The van der Waals surface area contributed by atoms with Crippen LogP contribution in [0.1, 0.15) is 66.9 Å². The molecule has 28 heavy (non-hydrogen) atoms. The first-order valence-electron chi connectivity index (χ1n) is 10.2. The number of amides is 2. The Morgan fingerprint density at radius 2 is 1.96 bits per heavy atom. The van der Waals surface area contributed by atoms with Crippen LogP contribution in [0, 0.1) is 0 Å². The Labute approximate surface area is 170 Å². The van der Waals surface area contributed by atoms with Crippen LogP contribution in [0.3, 0.4) is 0 Å². The van der Waals surface area contributed by atoms with E-state index in [9.17, 15) is 9.59 Å². The Bertz CT molecular complexity index is 851. The number of benzene rings is 1. The van der Waals surface area contributed by atoms with Crippen LogP contribution >= 0.6 is 11.3 Å².